The van der Waals surface area contributed by atoms with Gasteiger partial charge < -0.3 is 9.47 Å². The van der Waals surface area contributed by atoms with Crippen LogP contribution >= 0.6 is 11.6 Å². The molecule has 0 saturated carbocycles. The molecule has 0 spiro atoms. The van der Waals surface area contributed by atoms with E-state index >= 15 is 0 Å². The third kappa shape index (κ3) is 5.29. The van der Waals surface area contributed by atoms with E-state index in [0.717, 1.165) is 13.0 Å². The highest BCUT2D eigenvalue weighted by Gasteiger charge is 2.12. The highest BCUT2D eigenvalue weighted by molar-refractivity contribution is 6.18. The summed E-state index contributed by atoms with van der Waals surface area (Å²) in [5, 5.41) is 0. The maximum atomic E-state index is 5.51. The molecular formula is C10H17ClO2. The maximum absolute atomic E-state index is 5.51. The first kappa shape index (κ1) is 11.0. The fourth-order valence-electron chi connectivity index (χ4n) is 1.34. The van der Waals surface area contributed by atoms with Gasteiger partial charge in [-0.15, -0.1) is 11.6 Å². The van der Waals surface area contributed by atoms with E-state index in [0.29, 0.717) is 25.2 Å². The van der Waals surface area contributed by atoms with Gasteiger partial charge in [-0.3, -0.25) is 0 Å². The van der Waals surface area contributed by atoms with Crippen molar-refractivity contribution in [1.29, 1.82) is 0 Å². The molecule has 76 valence electrons. The smallest absolute Gasteiger partial charge is 0.0808 e. The van der Waals surface area contributed by atoms with Crippen LogP contribution in [-0.2, 0) is 9.47 Å². The van der Waals surface area contributed by atoms with Gasteiger partial charge in [0, 0.05) is 12.5 Å². The van der Waals surface area contributed by atoms with Crippen molar-refractivity contribution in [2.75, 3.05) is 25.7 Å². The molecule has 1 aliphatic rings. The van der Waals surface area contributed by atoms with Crippen LogP contribution in [0.3, 0.4) is 0 Å². The fourth-order valence-corrected chi connectivity index (χ4v) is 1.46. The summed E-state index contributed by atoms with van der Waals surface area (Å²) in [5.41, 5.74) is 0. The zero-order valence-electron chi connectivity index (χ0n) is 7.88. The predicted molar refractivity (Wildman–Crippen MR) is 54.3 cm³/mol. The molecule has 1 fully saturated rings. The van der Waals surface area contributed by atoms with Crippen molar-refractivity contribution in [3.8, 4) is 0 Å². The molecule has 0 bridgehead atoms. The molecule has 1 atom stereocenters. The van der Waals surface area contributed by atoms with Gasteiger partial charge in [-0.05, 0) is 19.3 Å². The van der Waals surface area contributed by atoms with E-state index in [1.165, 1.54) is 12.8 Å². The molecule has 1 aliphatic heterocycles. The molecule has 0 amide bonds. The minimum atomic E-state index is 0.318. The van der Waals surface area contributed by atoms with Crippen molar-refractivity contribution in [2.24, 2.45) is 0 Å². The number of rotatable bonds is 5. The van der Waals surface area contributed by atoms with Crippen LogP contribution < -0.4 is 0 Å². The molecule has 1 heterocycles. The number of hydrogen-bond donors (Lipinski definition) is 0. The van der Waals surface area contributed by atoms with Crippen LogP contribution in [0, 0.1) is 0 Å². The van der Waals surface area contributed by atoms with Gasteiger partial charge in [-0.1, -0.05) is 12.2 Å². The number of halogens is 1. The molecule has 1 saturated heterocycles. The zero-order valence-corrected chi connectivity index (χ0v) is 8.63. The zero-order chi connectivity index (χ0) is 9.36. The van der Waals surface area contributed by atoms with Gasteiger partial charge in [0.15, 0.2) is 0 Å². The highest BCUT2D eigenvalue weighted by atomic mass is 35.5. The summed E-state index contributed by atoms with van der Waals surface area (Å²) in [6.07, 6.45) is 7.75. The Morgan fingerprint density at radius 1 is 1.38 bits per heavy atom. The summed E-state index contributed by atoms with van der Waals surface area (Å²) in [6, 6.07) is 0. The predicted octanol–water partition coefficient (Wildman–Crippen LogP) is 2.37. The first-order valence-corrected chi connectivity index (χ1v) is 5.37. The Hall–Kier alpha value is -0.0500. The van der Waals surface area contributed by atoms with Crippen molar-refractivity contribution in [2.45, 2.75) is 25.4 Å². The van der Waals surface area contributed by atoms with Crippen molar-refractivity contribution in [3.05, 3.63) is 12.2 Å². The van der Waals surface area contributed by atoms with Crippen LogP contribution in [0.4, 0.5) is 0 Å². The van der Waals surface area contributed by atoms with Crippen molar-refractivity contribution < 1.29 is 9.47 Å². The summed E-state index contributed by atoms with van der Waals surface area (Å²) in [7, 11) is 0. The van der Waals surface area contributed by atoms with E-state index in [-0.39, 0.29) is 0 Å². The van der Waals surface area contributed by atoms with Crippen LogP contribution in [0.25, 0.3) is 0 Å². The molecule has 2 nitrogen and oxygen atoms in total. The summed E-state index contributed by atoms with van der Waals surface area (Å²) in [5.74, 6) is 0.559. The van der Waals surface area contributed by atoms with E-state index in [1.54, 1.807) is 0 Å². The standard InChI is InChI=1S/C10H17ClO2/c11-6-2-4-7-12-9-10-5-1-3-8-13-10/h2,4,10H,1,3,5-9H2. The van der Waals surface area contributed by atoms with Gasteiger partial charge in [0.1, 0.15) is 0 Å². The fraction of sp³-hybridized carbons (Fsp3) is 0.800. The van der Waals surface area contributed by atoms with Crippen molar-refractivity contribution >= 4 is 11.6 Å². The van der Waals surface area contributed by atoms with Crippen LogP contribution in [0.2, 0.25) is 0 Å². The molecule has 0 aromatic rings. The van der Waals surface area contributed by atoms with Crippen molar-refractivity contribution in [3.63, 3.8) is 0 Å². The topological polar surface area (TPSA) is 18.5 Å². The van der Waals surface area contributed by atoms with Gasteiger partial charge in [-0.2, -0.15) is 0 Å². The number of ether oxygens (including phenoxy) is 2. The lowest BCUT2D eigenvalue weighted by Crippen LogP contribution is -2.24. The van der Waals surface area contributed by atoms with Crippen LogP contribution in [0.5, 0.6) is 0 Å². The average Bonchev–Trinajstić information content (AvgIpc) is 2.19. The van der Waals surface area contributed by atoms with Crippen LogP contribution in [0.1, 0.15) is 19.3 Å². The number of allylic oxidation sites excluding steroid dienone is 1. The quantitative estimate of drug-likeness (QED) is 0.389. The molecule has 1 unspecified atom stereocenters. The van der Waals surface area contributed by atoms with E-state index in [9.17, 15) is 0 Å². The second-order valence-electron chi connectivity index (χ2n) is 3.15. The minimum Gasteiger partial charge on any atom is -0.376 e. The Bertz CT molecular complexity index is 142. The number of hydrogen-bond acceptors (Lipinski definition) is 2. The lowest BCUT2D eigenvalue weighted by molar-refractivity contribution is -0.0354. The second-order valence-corrected chi connectivity index (χ2v) is 3.46. The molecule has 0 aromatic heterocycles. The Labute approximate surface area is 84.9 Å². The normalized spacial score (nSPS) is 23.9. The Morgan fingerprint density at radius 2 is 2.31 bits per heavy atom. The van der Waals surface area contributed by atoms with Gasteiger partial charge in [0.05, 0.1) is 19.3 Å². The molecule has 0 aromatic carbocycles. The first-order chi connectivity index (χ1) is 6.43. The third-order valence-corrected chi connectivity index (χ3v) is 2.23. The van der Waals surface area contributed by atoms with Crippen LogP contribution in [-0.4, -0.2) is 31.8 Å². The molecule has 0 N–H and O–H groups in total. The monoisotopic (exact) mass is 204 g/mol. The van der Waals surface area contributed by atoms with E-state index in [4.69, 9.17) is 21.1 Å². The van der Waals surface area contributed by atoms with E-state index in [1.807, 2.05) is 12.2 Å². The molecule has 13 heavy (non-hydrogen) atoms. The number of alkyl halides is 1. The molecule has 0 aliphatic carbocycles. The minimum absolute atomic E-state index is 0.318. The third-order valence-electron chi connectivity index (χ3n) is 2.05. The largest absolute Gasteiger partial charge is 0.376 e. The average molecular weight is 205 g/mol. The summed E-state index contributed by atoms with van der Waals surface area (Å²) in [6.45, 7) is 2.25. The molecule has 1 rings (SSSR count). The van der Waals surface area contributed by atoms with Gasteiger partial charge in [0.25, 0.3) is 0 Å². The van der Waals surface area contributed by atoms with E-state index < -0.39 is 0 Å². The highest BCUT2D eigenvalue weighted by Crippen LogP contribution is 2.12. The Balaban J connectivity index is 1.95. The lowest BCUT2D eigenvalue weighted by atomic mass is 10.1. The maximum Gasteiger partial charge on any atom is 0.0808 e. The van der Waals surface area contributed by atoms with Crippen LogP contribution in [0.15, 0.2) is 12.2 Å². The first-order valence-electron chi connectivity index (χ1n) is 4.84. The Morgan fingerprint density at radius 3 is 3.00 bits per heavy atom. The summed E-state index contributed by atoms with van der Waals surface area (Å²) >= 11 is 5.46. The Kier molecular flexibility index (Phi) is 6.25. The summed E-state index contributed by atoms with van der Waals surface area (Å²) < 4.78 is 10.9. The molecule has 0 radical (unpaired) electrons. The van der Waals surface area contributed by atoms with Gasteiger partial charge in [-0.25, -0.2) is 0 Å². The summed E-state index contributed by atoms with van der Waals surface area (Å²) in [4.78, 5) is 0. The second kappa shape index (κ2) is 7.36. The molecular weight excluding hydrogens is 188 g/mol. The van der Waals surface area contributed by atoms with Gasteiger partial charge >= 0.3 is 0 Å². The van der Waals surface area contributed by atoms with E-state index in [2.05, 4.69) is 0 Å². The lowest BCUT2D eigenvalue weighted by Gasteiger charge is -2.21. The van der Waals surface area contributed by atoms with Crippen molar-refractivity contribution in [1.82, 2.24) is 0 Å². The van der Waals surface area contributed by atoms with Gasteiger partial charge in [0.2, 0.25) is 0 Å². The SMILES string of the molecule is ClCC=CCOCC1CCCCO1. The molecule has 3 heteroatoms.